The van der Waals surface area contributed by atoms with Crippen LogP contribution in [0.4, 0.5) is 11.4 Å². The van der Waals surface area contributed by atoms with Crippen LogP contribution in [0.1, 0.15) is 23.9 Å². The van der Waals surface area contributed by atoms with E-state index in [1.54, 1.807) is 22.9 Å². The molecule has 20 heavy (non-hydrogen) atoms. The maximum Gasteiger partial charge on any atom is 0.317 e. The molecule has 1 N–H and O–H groups in total. The van der Waals surface area contributed by atoms with Gasteiger partial charge in [-0.05, 0) is 45.4 Å². The molecule has 0 aliphatic carbocycles. The minimum absolute atomic E-state index is 0.0555. The number of para-hydroxylation sites is 1. The van der Waals surface area contributed by atoms with Crippen molar-refractivity contribution in [1.29, 1.82) is 0 Å². The molecule has 1 aromatic carbocycles. The van der Waals surface area contributed by atoms with Gasteiger partial charge in [0.25, 0.3) is 0 Å². The Kier molecular flexibility index (Phi) is 3.74. The van der Waals surface area contributed by atoms with Crippen molar-refractivity contribution >= 4 is 11.4 Å². The van der Waals surface area contributed by atoms with Gasteiger partial charge in [-0.15, -0.1) is 0 Å². The van der Waals surface area contributed by atoms with E-state index in [4.69, 9.17) is 0 Å². The number of hydrogen-bond acceptors (Lipinski definition) is 4. The molecule has 0 aliphatic rings. The van der Waals surface area contributed by atoms with Gasteiger partial charge in [-0.25, -0.2) is 4.68 Å². The molecule has 106 valence electrons. The molecule has 0 amide bonds. The molecule has 1 heterocycles. The molecule has 0 fully saturated rings. The number of benzene rings is 1. The zero-order valence-corrected chi connectivity index (χ0v) is 12.1. The van der Waals surface area contributed by atoms with Gasteiger partial charge in [0.2, 0.25) is 0 Å². The van der Waals surface area contributed by atoms with Crippen LogP contribution in [0.15, 0.2) is 18.2 Å². The summed E-state index contributed by atoms with van der Waals surface area (Å²) in [7, 11) is 0. The highest BCUT2D eigenvalue weighted by molar-refractivity contribution is 5.71. The predicted molar refractivity (Wildman–Crippen MR) is 78.6 cm³/mol. The summed E-state index contributed by atoms with van der Waals surface area (Å²) in [6, 6.07) is 5.23. The summed E-state index contributed by atoms with van der Waals surface area (Å²) in [4.78, 5) is 11.1. The van der Waals surface area contributed by atoms with E-state index >= 15 is 0 Å². The van der Waals surface area contributed by atoms with Crippen molar-refractivity contribution in [3.05, 3.63) is 45.3 Å². The predicted octanol–water partition coefficient (Wildman–Crippen LogP) is 3.14. The summed E-state index contributed by atoms with van der Waals surface area (Å²) in [6.45, 7) is 8.32. The number of nitrogens with zero attached hydrogens (tertiary/aromatic N) is 3. The molecule has 0 saturated carbocycles. The van der Waals surface area contributed by atoms with Gasteiger partial charge in [-0.2, -0.15) is 5.10 Å². The lowest BCUT2D eigenvalue weighted by Crippen LogP contribution is -2.07. The third-order valence-corrected chi connectivity index (χ3v) is 3.45. The van der Waals surface area contributed by atoms with Crippen LogP contribution in [0.25, 0.3) is 5.69 Å². The molecule has 6 nitrogen and oxygen atoms in total. The van der Waals surface area contributed by atoms with E-state index in [-0.39, 0.29) is 10.6 Å². The Morgan fingerprint density at radius 2 is 2.05 bits per heavy atom. The molecular weight excluding hydrogens is 256 g/mol. The summed E-state index contributed by atoms with van der Waals surface area (Å²) >= 11 is 0. The van der Waals surface area contributed by atoms with Crippen molar-refractivity contribution in [2.45, 2.75) is 27.7 Å². The molecule has 2 aromatic rings. The third-order valence-electron chi connectivity index (χ3n) is 3.45. The molecule has 2 rings (SSSR count). The second-order valence-corrected chi connectivity index (χ2v) is 4.67. The monoisotopic (exact) mass is 274 g/mol. The van der Waals surface area contributed by atoms with E-state index in [0.29, 0.717) is 17.9 Å². The highest BCUT2D eigenvalue weighted by atomic mass is 16.6. The Morgan fingerprint density at radius 3 is 2.55 bits per heavy atom. The number of nitro groups is 1. The zero-order chi connectivity index (χ0) is 14.9. The van der Waals surface area contributed by atoms with Crippen LogP contribution in [0.2, 0.25) is 0 Å². The Labute approximate surface area is 117 Å². The van der Waals surface area contributed by atoms with Crippen LogP contribution in [0, 0.1) is 30.9 Å². The Morgan fingerprint density at radius 1 is 1.35 bits per heavy atom. The zero-order valence-electron chi connectivity index (χ0n) is 12.1. The van der Waals surface area contributed by atoms with Crippen LogP contribution < -0.4 is 5.32 Å². The fourth-order valence-corrected chi connectivity index (χ4v) is 2.18. The minimum atomic E-state index is -0.362. The van der Waals surface area contributed by atoms with Gasteiger partial charge in [0.15, 0.2) is 0 Å². The van der Waals surface area contributed by atoms with Gasteiger partial charge in [-0.3, -0.25) is 10.1 Å². The number of hydrogen-bond donors (Lipinski definition) is 1. The molecule has 0 saturated heterocycles. The maximum absolute atomic E-state index is 11.4. The van der Waals surface area contributed by atoms with E-state index in [2.05, 4.69) is 10.4 Å². The van der Waals surface area contributed by atoms with Crippen molar-refractivity contribution < 1.29 is 4.92 Å². The average molecular weight is 274 g/mol. The number of rotatable bonds is 4. The number of aryl methyl sites for hydroxylation is 1. The first-order chi connectivity index (χ1) is 9.47. The Balaban J connectivity index is 2.70. The lowest BCUT2D eigenvalue weighted by molar-refractivity contribution is -0.383. The van der Waals surface area contributed by atoms with Crippen LogP contribution >= 0.6 is 0 Å². The number of anilines is 1. The molecule has 6 heteroatoms. The van der Waals surface area contributed by atoms with Crippen molar-refractivity contribution in [3.8, 4) is 5.69 Å². The van der Waals surface area contributed by atoms with Crippen molar-refractivity contribution in [3.63, 3.8) is 0 Å². The normalized spacial score (nSPS) is 10.6. The molecule has 0 atom stereocenters. The van der Waals surface area contributed by atoms with Gasteiger partial charge in [-0.1, -0.05) is 6.07 Å². The first-order valence-corrected chi connectivity index (χ1v) is 6.51. The number of nitro benzene ring substituents is 1. The van der Waals surface area contributed by atoms with Crippen LogP contribution in [0.5, 0.6) is 0 Å². The van der Waals surface area contributed by atoms with Crippen molar-refractivity contribution in [2.75, 3.05) is 11.9 Å². The maximum atomic E-state index is 11.4. The van der Waals surface area contributed by atoms with Crippen LogP contribution in [-0.4, -0.2) is 21.2 Å². The summed E-state index contributed by atoms with van der Waals surface area (Å²) in [6.07, 6.45) is 0. The highest BCUT2D eigenvalue weighted by Gasteiger charge is 2.23. The average Bonchev–Trinajstić information content (AvgIpc) is 2.66. The van der Waals surface area contributed by atoms with Crippen molar-refractivity contribution in [1.82, 2.24) is 9.78 Å². The Bertz CT molecular complexity index is 661. The molecular formula is C14H18N4O2. The first-order valence-electron chi connectivity index (χ1n) is 6.51. The summed E-state index contributed by atoms with van der Waals surface area (Å²) in [5.74, 6) is 0. The lowest BCUT2D eigenvalue weighted by atomic mass is 10.2. The number of aromatic nitrogens is 2. The van der Waals surface area contributed by atoms with Crippen LogP contribution in [0.3, 0.4) is 0 Å². The molecule has 1 aromatic heterocycles. The molecule has 0 spiro atoms. The van der Waals surface area contributed by atoms with E-state index in [0.717, 1.165) is 17.0 Å². The molecule has 0 aliphatic heterocycles. The number of nitrogens with one attached hydrogen (secondary N) is 1. The fraction of sp³-hybridized carbons (Fsp3) is 0.357. The first kappa shape index (κ1) is 14.0. The molecule has 0 bridgehead atoms. The third kappa shape index (κ3) is 2.24. The van der Waals surface area contributed by atoms with Gasteiger partial charge in [0.05, 0.1) is 10.6 Å². The summed E-state index contributed by atoms with van der Waals surface area (Å²) in [5, 5.41) is 18.9. The van der Waals surface area contributed by atoms with Crippen LogP contribution in [-0.2, 0) is 0 Å². The van der Waals surface area contributed by atoms with Gasteiger partial charge in [0, 0.05) is 12.2 Å². The quantitative estimate of drug-likeness (QED) is 0.686. The van der Waals surface area contributed by atoms with E-state index in [1.165, 1.54) is 0 Å². The fourth-order valence-electron chi connectivity index (χ4n) is 2.18. The van der Waals surface area contributed by atoms with Gasteiger partial charge in [0.1, 0.15) is 11.4 Å². The molecule has 0 radical (unpaired) electrons. The standard InChI is InChI=1S/C14H18N4O2/c1-5-15-12-7-6-8-13(14(12)18(19)20)17-11(4)9(2)10(3)16-17/h6-8,15H,5H2,1-4H3. The minimum Gasteiger partial charge on any atom is -0.380 e. The second-order valence-electron chi connectivity index (χ2n) is 4.67. The largest absolute Gasteiger partial charge is 0.380 e. The van der Waals surface area contributed by atoms with Gasteiger partial charge < -0.3 is 5.32 Å². The summed E-state index contributed by atoms with van der Waals surface area (Å²) < 4.78 is 1.64. The second kappa shape index (κ2) is 5.32. The molecule has 0 unspecified atom stereocenters. The smallest absolute Gasteiger partial charge is 0.317 e. The lowest BCUT2D eigenvalue weighted by Gasteiger charge is -2.10. The SMILES string of the molecule is CCNc1cccc(-n2nc(C)c(C)c2C)c1[N+](=O)[O-]. The van der Waals surface area contributed by atoms with Crippen molar-refractivity contribution in [2.24, 2.45) is 0 Å². The highest BCUT2D eigenvalue weighted by Crippen LogP contribution is 2.32. The van der Waals surface area contributed by atoms with E-state index in [1.807, 2.05) is 27.7 Å². The Hall–Kier alpha value is -2.37. The topological polar surface area (TPSA) is 73.0 Å². The van der Waals surface area contributed by atoms with E-state index < -0.39 is 0 Å². The summed E-state index contributed by atoms with van der Waals surface area (Å²) in [5.41, 5.74) is 3.90. The van der Waals surface area contributed by atoms with E-state index in [9.17, 15) is 10.1 Å². The van der Waals surface area contributed by atoms with Gasteiger partial charge >= 0.3 is 5.69 Å².